The number of nitrogen functional groups attached to an aromatic ring is 3. The summed E-state index contributed by atoms with van der Waals surface area (Å²) in [5, 5.41) is 11.7. The smallest absolute Gasteiger partial charge is 0.269 e. The van der Waals surface area contributed by atoms with Gasteiger partial charge < -0.3 is 17.2 Å². The molecule has 0 saturated heterocycles. The van der Waals surface area contributed by atoms with E-state index in [0.29, 0.717) is 17.1 Å². The van der Waals surface area contributed by atoms with Crippen LogP contribution < -0.4 is 17.2 Å². The molecule has 0 spiro atoms. The molecule has 8 aromatic carbocycles. The van der Waals surface area contributed by atoms with Gasteiger partial charge in [-0.2, -0.15) is 0 Å². The summed E-state index contributed by atoms with van der Waals surface area (Å²) < 4.78 is 0. The van der Waals surface area contributed by atoms with Gasteiger partial charge in [-0.15, -0.1) is 0 Å². The highest BCUT2D eigenvalue weighted by atomic mass is 16.6. The largest absolute Gasteiger partial charge is 0.399 e. The fourth-order valence-electron chi connectivity index (χ4n) is 8.18. The first kappa shape index (κ1) is 33.4. The Morgan fingerprint density at radius 1 is 0.382 bits per heavy atom. The Bertz CT molecular complexity index is 2630. The Hall–Kier alpha value is -7.44. The molecule has 8 aromatic rings. The first-order valence-corrected chi connectivity index (χ1v) is 18.1. The van der Waals surface area contributed by atoms with Crippen molar-refractivity contribution >= 4 is 22.7 Å². The van der Waals surface area contributed by atoms with Gasteiger partial charge >= 0.3 is 0 Å². The van der Waals surface area contributed by atoms with Crippen molar-refractivity contribution in [2.75, 3.05) is 17.2 Å². The molecular formula is C49H36N4O2. The fourth-order valence-corrected chi connectivity index (χ4v) is 8.18. The maximum Gasteiger partial charge on any atom is 0.269 e. The van der Waals surface area contributed by atoms with Crippen molar-refractivity contribution in [1.29, 1.82) is 0 Å². The standard InChI is InChI=1S/C49H36N4O2/c50-41-17-9-31(10-18-41)35-25-36(32-11-19-42(51)20-12-32)28-39(27-35)49(47-7-3-1-5-45(47)46-6-2-4-8-48(46)49)40-29-37(33-13-21-43(52)22-14-33)26-38(30-40)34-15-23-44(24-16-34)53(54)55/h1-30H,50-52H2. The SMILES string of the molecule is Nc1ccc(-c2cc(-c3ccc(N)cc3)cc(C3(c4cc(-c5ccc(N)cc5)cc(-c5ccc([N+](=O)[O-])cc5)c4)c4ccccc4-c4ccccc43)c2)cc1. The first-order chi connectivity index (χ1) is 26.8. The lowest BCUT2D eigenvalue weighted by molar-refractivity contribution is -0.384. The minimum Gasteiger partial charge on any atom is -0.399 e. The average molecular weight is 713 g/mol. The Morgan fingerprint density at radius 2 is 0.691 bits per heavy atom. The Labute approximate surface area is 319 Å². The number of nitrogens with two attached hydrogens (primary N) is 3. The van der Waals surface area contributed by atoms with Crippen molar-refractivity contribution in [3.8, 4) is 55.6 Å². The second-order valence-corrected chi connectivity index (χ2v) is 14.1. The zero-order chi connectivity index (χ0) is 37.7. The normalized spacial score (nSPS) is 12.5. The summed E-state index contributed by atoms with van der Waals surface area (Å²) in [5.74, 6) is 0. The third-order valence-corrected chi connectivity index (χ3v) is 10.8. The molecule has 9 rings (SSSR count). The topological polar surface area (TPSA) is 121 Å². The molecule has 264 valence electrons. The predicted octanol–water partition coefficient (Wildman–Crippen LogP) is 11.4. The molecule has 6 heteroatoms. The molecule has 6 N–H and O–H groups in total. The molecule has 55 heavy (non-hydrogen) atoms. The van der Waals surface area contributed by atoms with Gasteiger partial charge in [-0.05, 0) is 163 Å². The van der Waals surface area contributed by atoms with Crippen molar-refractivity contribution in [3.05, 3.63) is 214 Å². The number of nitro benzene ring substituents is 1. The number of hydrogen-bond donors (Lipinski definition) is 3. The number of nitrogens with zero attached hydrogens (tertiary/aromatic N) is 1. The summed E-state index contributed by atoms with van der Waals surface area (Å²) in [4.78, 5) is 11.3. The van der Waals surface area contributed by atoms with E-state index in [-0.39, 0.29) is 10.6 Å². The van der Waals surface area contributed by atoms with Crippen LogP contribution in [0.15, 0.2) is 182 Å². The third-order valence-electron chi connectivity index (χ3n) is 10.8. The molecular weight excluding hydrogens is 677 g/mol. The maximum atomic E-state index is 11.7. The van der Waals surface area contributed by atoms with Crippen molar-refractivity contribution in [1.82, 2.24) is 0 Å². The lowest BCUT2D eigenvalue weighted by Crippen LogP contribution is -2.29. The second-order valence-electron chi connectivity index (χ2n) is 14.1. The molecule has 0 aromatic heterocycles. The van der Waals surface area contributed by atoms with E-state index in [1.165, 1.54) is 11.1 Å². The van der Waals surface area contributed by atoms with Crippen LogP contribution in [0, 0.1) is 10.1 Å². The number of benzene rings is 8. The van der Waals surface area contributed by atoms with E-state index in [4.69, 9.17) is 17.2 Å². The highest BCUT2D eigenvalue weighted by molar-refractivity contribution is 5.89. The number of non-ortho nitro benzene ring substituents is 1. The van der Waals surface area contributed by atoms with Gasteiger partial charge in [-0.25, -0.2) is 0 Å². The monoisotopic (exact) mass is 712 g/mol. The molecule has 0 fully saturated rings. The molecule has 0 bridgehead atoms. The van der Waals surface area contributed by atoms with Gasteiger partial charge in [0.15, 0.2) is 0 Å². The number of rotatable bonds is 7. The summed E-state index contributed by atoms with van der Waals surface area (Å²) in [6.07, 6.45) is 0. The van der Waals surface area contributed by atoms with Crippen LogP contribution >= 0.6 is 0 Å². The molecule has 0 saturated carbocycles. The summed E-state index contributed by atoms with van der Waals surface area (Å²) in [6, 6.07) is 61.6. The van der Waals surface area contributed by atoms with E-state index < -0.39 is 5.41 Å². The van der Waals surface area contributed by atoms with Crippen molar-refractivity contribution in [2.24, 2.45) is 0 Å². The molecule has 6 nitrogen and oxygen atoms in total. The molecule has 0 unspecified atom stereocenters. The van der Waals surface area contributed by atoms with Gasteiger partial charge in [0.05, 0.1) is 10.3 Å². The zero-order valence-electron chi connectivity index (χ0n) is 29.8. The molecule has 1 aliphatic carbocycles. The highest BCUT2D eigenvalue weighted by Gasteiger charge is 2.46. The molecule has 0 heterocycles. The summed E-state index contributed by atoms with van der Waals surface area (Å²) in [7, 11) is 0. The van der Waals surface area contributed by atoms with Gasteiger partial charge in [-0.3, -0.25) is 10.1 Å². The quantitative estimate of drug-likeness (QED) is 0.0862. The van der Waals surface area contributed by atoms with Crippen LogP contribution in [0.2, 0.25) is 0 Å². The molecule has 1 aliphatic rings. The van der Waals surface area contributed by atoms with Crippen LogP contribution in [0.3, 0.4) is 0 Å². The lowest BCUT2D eigenvalue weighted by Gasteiger charge is -2.35. The van der Waals surface area contributed by atoms with Crippen molar-refractivity contribution in [3.63, 3.8) is 0 Å². The highest BCUT2D eigenvalue weighted by Crippen LogP contribution is 2.57. The molecule has 0 atom stereocenters. The number of anilines is 3. The van der Waals surface area contributed by atoms with E-state index >= 15 is 0 Å². The Kier molecular flexibility index (Phi) is 8.02. The Balaban J connectivity index is 1.41. The molecule has 0 aliphatic heterocycles. The number of nitro groups is 1. The van der Waals surface area contributed by atoms with E-state index in [2.05, 4.69) is 109 Å². The Morgan fingerprint density at radius 3 is 1.02 bits per heavy atom. The van der Waals surface area contributed by atoms with Crippen molar-refractivity contribution < 1.29 is 4.92 Å². The minimum atomic E-state index is -0.779. The second kappa shape index (κ2) is 13.2. The van der Waals surface area contributed by atoms with Gasteiger partial charge in [0.25, 0.3) is 5.69 Å². The lowest BCUT2D eigenvalue weighted by atomic mass is 9.66. The number of fused-ring (bicyclic) bond motifs is 3. The predicted molar refractivity (Wildman–Crippen MR) is 225 cm³/mol. The molecule has 0 amide bonds. The van der Waals surface area contributed by atoms with Gasteiger partial charge in [0.2, 0.25) is 0 Å². The summed E-state index contributed by atoms with van der Waals surface area (Å²) >= 11 is 0. The summed E-state index contributed by atoms with van der Waals surface area (Å²) in [5.41, 5.74) is 34.7. The molecule has 0 radical (unpaired) electrons. The van der Waals surface area contributed by atoms with E-state index in [1.54, 1.807) is 12.1 Å². The number of hydrogen-bond acceptors (Lipinski definition) is 5. The van der Waals surface area contributed by atoms with Gasteiger partial charge in [0, 0.05) is 29.2 Å². The van der Waals surface area contributed by atoms with Crippen LogP contribution in [0.25, 0.3) is 55.6 Å². The fraction of sp³-hybridized carbons (Fsp3) is 0.0204. The zero-order valence-corrected chi connectivity index (χ0v) is 29.8. The average Bonchev–Trinajstić information content (AvgIpc) is 3.52. The van der Waals surface area contributed by atoms with Crippen LogP contribution in [0.4, 0.5) is 22.7 Å². The van der Waals surface area contributed by atoms with Crippen LogP contribution in [0.1, 0.15) is 22.3 Å². The summed E-state index contributed by atoms with van der Waals surface area (Å²) in [6.45, 7) is 0. The minimum absolute atomic E-state index is 0.0449. The maximum absolute atomic E-state index is 11.7. The van der Waals surface area contributed by atoms with Gasteiger partial charge in [-0.1, -0.05) is 84.9 Å². The van der Waals surface area contributed by atoms with E-state index in [0.717, 1.165) is 66.8 Å². The third kappa shape index (κ3) is 5.77. The van der Waals surface area contributed by atoms with Gasteiger partial charge in [0.1, 0.15) is 0 Å². The first-order valence-electron chi connectivity index (χ1n) is 18.1. The van der Waals surface area contributed by atoms with Crippen LogP contribution in [0.5, 0.6) is 0 Å². The van der Waals surface area contributed by atoms with Crippen molar-refractivity contribution in [2.45, 2.75) is 5.41 Å². The van der Waals surface area contributed by atoms with Crippen LogP contribution in [-0.2, 0) is 5.41 Å². The van der Waals surface area contributed by atoms with Crippen LogP contribution in [-0.4, -0.2) is 4.92 Å². The van der Waals surface area contributed by atoms with E-state index in [1.807, 2.05) is 60.7 Å². The van der Waals surface area contributed by atoms with E-state index in [9.17, 15) is 10.1 Å².